The summed E-state index contributed by atoms with van der Waals surface area (Å²) in [5.74, 6) is 1.79. The molecule has 1 aromatic carbocycles. The Kier molecular flexibility index (Phi) is 7.03. The molecular formula is C17H27N3O2. The van der Waals surface area contributed by atoms with Gasteiger partial charge in [-0.05, 0) is 18.1 Å². The number of unbranched alkanes of at least 4 members (excludes halogenated alkanes) is 1. The first-order chi connectivity index (χ1) is 10.8. The van der Waals surface area contributed by atoms with E-state index in [1.54, 1.807) is 7.05 Å². The Morgan fingerprint density at radius 1 is 1.32 bits per heavy atom. The second kappa shape index (κ2) is 9.30. The van der Waals surface area contributed by atoms with Crippen molar-refractivity contribution < 1.29 is 9.47 Å². The minimum atomic E-state index is 0.164. The van der Waals surface area contributed by atoms with Gasteiger partial charge >= 0.3 is 0 Å². The highest BCUT2D eigenvalue weighted by molar-refractivity contribution is 5.79. The number of rotatable bonds is 8. The Bertz CT molecular complexity index is 452. The first-order valence-electron chi connectivity index (χ1n) is 8.10. The highest BCUT2D eigenvalue weighted by Gasteiger charge is 2.22. The minimum Gasteiger partial charge on any atom is -0.488 e. The Morgan fingerprint density at radius 3 is 2.95 bits per heavy atom. The largest absolute Gasteiger partial charge is 0.488 e. The molecule has 22 heavy (non-hydrogen) atoms. The fourth-order valence-corrected chi connectivity index (χ4v) is 2.39. The van der Waals surface area contributed by atoms with Gasteiger partial charge in [0.05, 0.1) is 13.2 Å². The zero-order chi connectivity index (χ0) is 15.6. The maximum atomic E-state index is 5.90. The fraction of sp³-hybridized carbons (Fsp3) is 0.588. The van der Waals surface area contributed by atoms with Crippen LogP contribution in [0.2, 0.25) is 0 Å². The van der Waals surface area contributed by atoms with E-state index < -0.39 is 0 Å². The van der Waals surface area contributed by atoms with Crippen molar-refractivity contribution in [3.05, 3.63) is 29.8 Å². The number of ether oxygens (including phenoxy) is 2. The standard InChI is InChI=1S/C17H27N3O2/c1-3-4-10-21-11-9-19-17(18-2)20-13-15-12-14-7-5-6-8-16(14)22-15/h5-8,15H,3-4,9-13H2,1-2H3,(H2,18,19,20). The van der Waals surface area contributed by atoms with E-state index in [1.165, 1.54) is 12.0 Å². The number of nitrogens with one attached hydrogen (secondary N) is 2. The molecule has 1 aromatic rings. The third kappa shape index (κ3) is 5.22. The quantitative estimate of drug-likeness (QED) is 0.438. The van der Waals surface area contributed by atoms with Crippen LogP contribution in [0.5, 0.6) is 5.75 Å². The topological polar surface area (TPSA) is 54.9 Å². The Balaban J connectivity index is 1.61. The van der Waals surface area contributed by atoms with Crippen LogP contribution < -0.4 is 15.4 Å². The molecule has 0 aromatic heterocycles. The maximum Gasteiger partial charge on any atom is 0.191 e. The lowest BCUT2D eigenvalue weighted by atomic mass is 10.1. The normalized spacial score (nSPS) is 17.0. The molecule has 1 aliphatic rings. The van der Waals surface area contributed by atoms with Gasteiger partial charge in [0, 0.05) is 26.6 Å². The molecule has 1 atom stereocenters. The van der Waals surface area contributed by atoms with Crippen molar-refractivity contribution in [1.82, 2.24) is 10.6 Å². The molecule has 1 unspecified atom stereocenters. The van der Waals surface area contributed by atoms with Gasteiger partial charge < -0.3 is 20.1 Å². The van der Waals surface area contributed by atoms with Gasteiger partial charge in [-0.15, -0.1) is 0 Å². The van der Waals surface area contributed by atoms with E-state index in [0.29, 0.717) is 6.61 Å². The molecule has 2 rings (SSSR count). The van der Waals surface area contributed by atoms with Gasteiger partial charge in [0.25, 0.3) is 0 Å². The zero-order valence-electron chi connectivity index (χ0n) is 13.6. The van der Waals surface area contributed by atoms with Crippen LogP contribution in [-0.4, -0.2) is 45.4 Å². The summed E-state index contributed by atoms with van der Waals surface area (Å²) >= 11 is 0. The lowest BCUT2D eigenvalue weighted by molar-refractivity contribution is 0.136. The smallest absolute Gasteiger partial charge is 0.191 e. The van der Waals surface area contributed by atoms with Gasteiger partial charge in [-0.1, -0.05) is 31.5 Å². The third-order valence-electron chi connectivity index (χ3n) is 3.62. The van der Waals surface area contributed by atoms with Gasteiger partial charge in [-0.3, -0.25) is 4.99 Å². The van der Waals surface area contributed by atoms with Crippen LogP contribution in [0.25, 0.3) is 0 Å². The number of para-hydroxylation sites is 1. The van der Waals surface area contributed by atoms with Crippen molar-refractivity contribution in [2.75, 3.05) is 33.4 Å². The number of hydrogen-bond donors (Lipinski definition) is 2. The van der Waals surface area contributed by atoms with E-state index in [-0.39, 0.29) is 6.10 Å². The molecule has 0 radical (unpaired) electrons. The predicted molar refractivity (Wildman–Crippen MR) is 89.7 cm³/mol. The Morgan fingerprint density at radius 2 is 2.18 bits per heavy atom. The van der Waals surface area contributed by atoms with Crippen LogP contribution in [0.1, 0.15) is 25.3 Å². The van der Waals surface area contributed by atoms with E-state index in [2.05, 4.69) is 34.7 Å². The molecule has 0 saturated carbocycles. The summed E-state index contributed by atoms with van der Waals surface area (Å²) in [6.45, 7) is 5.20. The van der Waals surface area contributed by atoms with E-state index in [1.807, 2.05) is 12.1 Å². The summed E-state index contributed by atoms with van der Waals surface area (Å²) in [7, 11) is 1.78. The van der Waals surface area contributed by atoms with E-state index in [4.69, 9.17) is 9.47 Å². The van der Waals surface area contributed by atoms with Gasteiger partial charge in [0.2, 0.25) is 0 Å². The molecule has 2 N–H and O–H groups in total. The summed E-state index contributed by atoms with van der Waals surface area (Å²) in [6.07, 6.45) is 3.39. The molecule has 0 saturated heterocycles. The number of nitrogens with zero attached hydrogens (tertiary/aromatic N) is 1. The van der Waals surface area contributed by atoms with Gasteiger partial charge in [0.15, 0.2) is 5.96 Å². The van der Waals surface area contributed by atoms with Crippen molar-refractivity contribution in [3.63, 3.8) is 0 Å². The molecule has 1 heterocycles. The molecule has 5 heteroatoms. The van der Waals surface area contributed by atoms with Crippen LogP contribution in [0.15, 0.2) is 29.3 Å². The van der Waals surface area contributed by atoms with Crippen molar-refractivity contribution in [2.45, 2.75) is 32.3 Å². The van der Waals surface area contributed by atoms with Crippen LogP contribution >= 0.6 is 0 Å². The fourth-order valence-electron chi connectivity index (χ4n) is 2.39. The average molecular weight is 305 g/mol. The van der Waals surface area contributed by atoms with Crippen molar-refractivity contribution in [1.29, 1.82) is 0 Å². The third-order valence-corrected chi connectivity index (χ3v) is 3.62. The average Bonchev–Trinajstić information content (AvgIpc) is 2.96. The SMILES string of the molecule is CCCCOCCNC(=NC)NCC1Cc2ccccc2O1. The first kappa shape index (κ1) is 16.6. The number of guanidine groups is 1. The van der Waals surface area contributed by atoms with Crippen molar-refractivity contribution in [2.24, 2.45) is 4.99 Å². The number of hydrogen-bond acceptors (Lipinski definition) is 3. The van der Waals surface area contributed by atoms with Crippen molar-refractivity contribution >= 4 is 5.96 Å². The molecule has 0 amide bonds. The van der Waals surface area contributed by atoms with Gasteiger partial charge in [0.1, 0.15) is 11.9 Å². The van der Waals surface area contributed by atoms with Gasteiger partial charge in [-0.25, -0.2) is 0 Å². The summed E-state index contributed by atoms with van der Waals surface area (Å²) in [5.41, 5.74) is 1.28. The monoisotopic (exact) mass is 305 g/mol. The lowest BCUT2D eigenvalue weighted by Crippen LogP contribution is -2.43. The maximum absolute atomic E-state index is 5.90. The van der Waals surface area contributed by atoms with E-state index in [9.17, 15) is 0 Å². The summed E-state index contributed by atoms with van der Waals surface area (Å²) in [6, 6.07) is 8.21. The molecule has 1 aliphatic heterocycles. The van der Waals surface area contributed by atoms with E-state index >= 15 is 0 Å². The summed E-state index contributed by atoms with van der Waals surface area (Å²) < 4.78 is 11.4. The summed E-state index contributed by atoms with van der Waals surface area (Å²) in [4.78, 5) is 4.22. The lowest BCUT2D eigenvalue weighted by Gasteiger charge is -2.15. The molecule has 0 aliphatic carbocycles. The van der Waals surface area contributed by atoms with Crippen molar-refractivity contribution in [3.8, 4) is 5.75 Å². The van der Waals surface area contributed by atoms with Crippen LogP contribution in [0, 0.1) is 0 Å². The number of aliphatic imine (C=N–C) groups is 1. The highest BCUT2D eigenvalue weighted by atomic mass is 16.5. The highest BCUT2D eigenvalue weighted by Crippen LogP contribution is 2.27. The summed E-state index contributed by atoms with van der Waals surface area (Å²) in [5, 5.41) is 6.56. The minimum absolute atomic E-state index is 0.164. The Labute approximate surface area is 133 Å². The first-order valence-corrected chi connectivity index (χ1v) is 8.10. The number of benzene rings is 1. The Hall–Kier alpha value is -1.75. The van der Waals surface area contributed by atoms with Gasteiger partial charge in [-0.2, -0.15) is 0 Å². The molecular weight excluding hydrogens is 278 g/mol. The second-order valence-corrected chi connectivity index (χ2v) is 5.40. The molecule has 0 bridgehead atoms. The van der Waals surface area contributed by atoms with Crippen LogP contribution in [0.3, 0.4) is 0 Å². The molecule has 0 spiro atoms. The molecule has 5 nitrogen and oxygen atoms in total. The van der Waals surface area contributed by atoms with Crippen LogP contribution in [0.4, 0.5) is 0 Å². The van der Waals surface area contributed by atoms with E-state index in [0.717, 1.165) is 44.2 Å². The second-order valence-electron chi connectivity index (χ2n) is 5.40. The number of fused-ring (bicyclic) bond motifs is 1. The predicted octanol–water partition coefficient (Wildman–Crippen LogP) is 1.97. The zero-order valence-corrected chi connectivity index (χ0v) is 13.6. The van der Waals surface area contributed by atoms with Crippen LogP contribution in [-0.2, 0) is 11.2 Å². The molecule has 122 valence electrons. The molecule has 0 fully saturated rings.